The molecule has 0 fully saturated rings. The van der Waals surface area contributed by atoms with Crippen LogP contribution in [0.1, 0.15) is 52.7 Å². The predicted molar refractivity (Wildman–Crippen MR) is 59.4 cm³/mol. The van der Waals surface area contributed by atoms with E-state index < -0.39 is 0 Å². The first-order chi connectivity index (χ1) is 5.71. The van der Waals surface area contributed by atoms with Gasteiger partial charge in [-0.2, -0.15) is 23.3 Å². The van der Waals surface area contributed by atoms with Crippen LogP contribution in [0.2, 0.25) is 0 Å². The fourth-order valence-corrected chi connectivity index (χ4v) is 1.38. The maximum Gasteiger partial charge on any atom is 1.00 e. The van der Waals surface area contributed by atoms with Crippen LogP contribution in [-0.4, -0.2) is 0 Å². The summed E-state index contributed by atoms with van der Waals surface area (Å²) in [6.45, 7) is 13.6. The summed E-state index contributed by atoms with van der Waals surface area (Å²) in [5.74, 6) is 0. The van der Waals surface area contributed by atoms with E-state index in [1.165, 1.54) is 11.1 Å². The van der Waals surface area contributed by atoms with Gasteiger partial charge in [0.25, 0.3) is 0 Å². The molecule has 0 N–H and O–H groups in total. The van der Waals surface area contributed by atoms with E-state index in [1.54, 1.807) is 0 Å². The molecule has 0 bridgehead atoms. The zero-order valence-corrected chi connectivity index (χ0v) is 12.7. The normalized spacial score (nSPS) is 12.4. The van der Waals surface area contributed by atoms with E-state index in [4.69, 9.17) is 0 Å². The van der Waals surface area contributed by atoms with Gasteiger partial charge >= 0.3 is 29.6 Å². The topological polar surface area (TPSA) is 0 Å². The van der Waals surface area contributed by atoms with Crippen molar-refractivity contribution in [1.82, 2.24) is 0 Å². The van der Waals surface area contributed by atoms with Crippen LogP contribution in [0.3, 0.4) is 0 Å². The summed E-state index contributed by atoms with van der Waals surface area (Å²) in [4.78, 5) is 0. The minimum atomic E-state index is 0. The quantitative estimate of drug-likeness (QED) is 0.433. The molecule has 0 spiro atoms. The molecule has 0 radical (unpaired) electrons. The molecule has 1 heteroatoms. The Morgan fingerprint density at radius 1 is 1.00 bits per heavy atom. The summed E-state index contributed by atoms with van der Waals surface area (Å²) < 4.78 is 0. The van der Waals surface area contributed by atoms with Crippen LogP contribution in [0.25, 0.3) is 0 Å². The van der Waals surface area contributed by atoms with Crippen LogP contribution < -0.4 is 29.6 Å². The van der Waals surface area contributed by atoms with Crippen LogP contribution in [0.15, 0.2) is 18.2 Å². The Balaban J connectivity index is 0.00000169. The molecular formula is C13H21Na. The maximum atomic E-state index is 2.33. The Morgan fingerprint density at radius 3 is 1.71 bits per heavy atom. The third-order valence-electron chi connectivity index (χ3n) is 2.49. The van der Waals surface area contributed by atoms with Gasteiger partial charge in [0.1, 0.15) is 0 Å². The molecule has 1 aromatic rings. The minimum Gasteiger partial charge on any atom is -0.210 e. The van der Waals surface area contributed by atoms with Crippen LogP contribution >= 0.6 is 0 Å². The first-order valence-electron chi connectivity index (χ1n) is 4.99. The first-order valence-corrected chi connectivity index (χ1v) is 4.99. The molecule has 0 aromatic heterocycles. The smallest absolute Gasteiger partial charge is 0.210 e. The van der Waals surface area contributed by atoms with E-state index >= 15 is 0 Å². The summed E-state index contributed by atoms with van der Waals surface area (Å²) in [6.07, 6.45) is 0. The SMILES string of the molecule is CC(C)(C)c1cc[c-](C(C)(C)C)c1.[Na+]. The van der Waals surface area contributed by atoms with E-state index in [0.717, 1.165) is 0 Å². The molecule has 74 valence electrons. The van der Waals surface area contributed by atoms with Gasteiger partial charge in [0.05, 0.1) is 0 Å². The second kappa shape index (κ2) is 4.47. The number of hydrogen-bond acceptors (Lipinski definition) is 0. The summed E-state index contributed by atoms with van der Waals surface area (Å²) >= 11 is 0. The molecule has 0 saturated heterocycles. The van der Waals surface area contributed by atoms with Crippen LogP contribution in [0.5, 0.6) is 0 Å². The maximum absolute atomic E-state index is 2.33. The molecule has 0 nitrogen and oxygen atoms in total. The second-order valence-corrected chi connectivity index (χ2v) is 5.89. The van der Waals surface area contributed by atoms with Gasteiger partial charge in [-0.3, -0.25) is 0 Å². The predicted octanol–water partition coefficient (Wildman–Crippen LogP) is 1.00. The van der Waals surface area contributed by atoms with Crippen molar-refractivity contribution in [3.63, 3.8) is 0 Å². The Bertz CT molecular complexity index is 252. The molecular weight excluding hydrogens is 179 g/mol. The Morgan fingerprint density at radius 2 is 1.50 bits per heavy atom. The Labute approximate surface area is 111 Å². The monoisotopic (exact) mass is 200 g/mol. The zero-order valence-electron chi connectivity index (χ0n) is 10.7. The van der Waals surface area contributed by atoms with Crippen molar-refractivity contribution in [3.8, 4) is 0 Å². The van der Waals surface area contributed by atoms with Crippen LogP contribution in [0.4, 0.5) is 0 Å². The molecule has 0 unspecified atom stereocenters. The van der Waals surface area contributed by atoms with Crippen molar-refractivity contribution >= 4 is 0 Å². The summed E-state index contributed by atoms with van der Waals surface area (Å²) in [5, 5.41) is 0. The molecule has 0 atom stereocenters. The largest absolute Gasteiger partial charge is 1.00 e. The first kappa shape index (κ1) is 14.3. The molecule has 0 aliphatic heterocycles. The fourth-order valence-electron chi connectivity index (χ4n) is 1.38. The molecule has 14 heavy (non-hydrogen) atoms. The summed E-state index contributed by atoms with van der Waals surface area (Å²) in [7, 11) is 0. The van der Waals surface area contributed by atoms with Crippen molar-refractivity contribution in [2.75, 3.05) is 0 Å². The van der Waals surface area contributed by atoms with Crippen LogP contribution in [0, 0.1) is 0 Å². The molecule has 0 aliphatic carbocycles. The summed E-state index contributed by atoms with van der Waals surface area (Å²) in [5.41, 5.74) is 3.45. The van der Waals surface area contributed by atoms with Gasteiger partial charge in [-0.1, -0.05) is 52.4 Å². The minimum absolute atomic E-state index is 0. The van der Waals surface area contributed by atoms with E-state index in [2.05, 4.69) is 59.7 Å². The third kappa shape index (κ3) is 3.49. The number of rotatable bonds is 0. The van der Waals surface area contributed by atoms with Gasteiger partial charge < -0.3 is 0 Å². The van der Waals surface area contributed by atoms with E-state index in [-0.39, 0.29) is 40.4 Å². The van der Waals surface area contributed by atoms with Gasteiger partial charge in [0.15, 0.2) is 0 Å². The van der Waals surface area contributed by atoms with Crippen LogP contribution in [-0.2, 0) is 10.8 Å². The standard InChI is InChI=1S/C13H21.Na/c1-12(2,3)10-7-8-11(9-10)13(4,5)6;/h7-9H,1-6H3;/q-1;+1. The Kier molecular flexibility index (Phi) is 4.58. The summed E-state index contributed by atoms with van der Waals surface area (Å²) in [6, 6.07) is 6.83. The molecule has 0 heterocycles. The fraction of sp³-hybridized carbons (Fsp3) is 0.615. The van der Waals surface area contributed by atoms with Gasteiger partial charge in [-0.25, -0.2) is 6.07 Å². The van der Waals surface area contributed by atoms with E-state index in [0.29, 0.717) is 0 Å². The van der Waals surface area contributed by atoms with Gasteiger partial charge in [0, 0.05) is 0 Å². The van der Waals surface area contributed by atoms with Crippen molar-refractivity contribution < 1.29 is 29.6 Å². The molecule has 0 saturated carbocycles. The average Bonchev–Trinajstić information content (AvgIpc) is 2.28. The Hall–Kier alpha value is 0.350. The van der Waals surface area contributed by atoms with Crippen molar-refractivity contribution in [2.24, 2.45) is 0 Å². The average molecular weight is 200 g/mol. The molecule has 1 aromatic carbocycles. The van der Waals surface area contributed by atoms with Gasteiger partial charge in [-0.05, 0) is 0 Å². The van der Waals surface area contributed by atoms with E-state index in [1.807, 2.05) is 0 Å². The van der Waals surface area contributed by atoms with Gasteiger partial charge in [0.2, 0.25) is 0 Å². The van der Waals surface area contributed by atoms with E-state index in [9.17, 15) is 0 Å². The van der Waals surface area contributed by atoms with Gasteiger partial charge in [-0.15, -0.1) is 0 Å². The van der Waals surface area contributed by atoms with Crippen molar-refractivity contribution in [1.29, 1.82) is 0 Å². The molecule has 0 amide bonds. The number of hydrogen-bond donors (Lipinski definition) is 0. The second-order valence-electron chi connectivity index (χ2n) is 5.89. The third-order valence-corrected chi connectivity index (χ3v) is 2.49. The zero-order chi connectivity index (χ0) is 10.3. The van der Waals surface area contributed by atoms with Crippen molar-refractivity contribution in [2.45, 2.75) is 52.4 Å². The molecule has 0 aliphatic rings. The molecule has 1 rings (SSSR count). The van der Waals surface area contributed by atoms with Crippen molar-refractivity contribution in [3.05, 3.63) is 29.3 Å².